The molecule has 0 radical (unpaired) electrons. The van der Waals surface area contributed by atoms with Crippen LogP contribution < -0.4 is 4.74 Å². The third-order valence-electron chi connectivity index (χ3n) is 4.72. The molecule has 0 saturated heterocycles. The van der Waals surface area contributed by atoms with Gasteiger partial charge < -0.3 is 4.74 Å². The fourth-order valence-electron chi connectivity index (χ4n) is 2.97. The zero-order valence-electron chi connectivity index (χ0n) is 16.3. The highest BCUT2D eigenvalue weighted by Crippen LogP contribution is 2.38. The van der Waals surface area contributed by atoms with Crippen LogP contribution in [0.1, 0.15) is 38.7 Å². The Kier molecular flexibility index (Phi) is 7.34. The number of carbonyl (C=O) groups excluding carboxylic acids is 1. The van der Waals surface area contributed by atoms with Crippen molar-refractivity contribution in [3.05, 3.63) is 99.8 Å². The monoisotopic (exact) mass is 428 g/mol. The van der Waals surface area contributed by atoms with Crippen LogP contribution in [0.25, 0.3) is 0 Å². The minimum Gasteiger partial charge on any atom is -0.497 e. The van der Waals surface area contributed by atoms with E-state index in [4.69, 9.17) is 16.3 Å². The molecule has 0 heterocycles. The number of methoxy groups -OCH3 is 1. The van der Waals surface area contributed by atoms with Crippen molar-refractivity contribution in [1.29, 1.82) is 0 Å². The second kappa shape index (κ2) is 9.95. The summed E-state index contributed by atoms with van der Waals surface area (Å²) in [6.07, 6.45) is 0.312. The maximum absolute atomic E-state index is 14.2. The lowest BCUT2D eigenvalue weighted by atomic mass is 10.0. The van der Waals surface area contributed by atoms with E-state index >= 15 is 0 Å². The van der Waals surface area contributed by atoms with Gasteiger partial charge in [0, 0.05) is 33.6 Å². The van der Waals surface area contributed by atoms with Crippen LogP contribution in [0.4, 0.5) is 4.39 Å². The van der Waals surface area contributed by atoms with Crippen LogP contribution in [-0.4, -0.2) is 12.9 Å². The fraction of sp³-hybridized carbons (Fsp3) is 0.208. The molecule has 0 saturated carbocycles. The molecule has 0 aromatic heterocycles. The predicted octanol–water partition coefficient (Wildman–Crippen LogP) is 7.04. The van der Waals surface area contributed by atoms with Gasteiger partial charge in [-0.05, 0) is 36.8 Å². The van der Waals surface area contributed by atoms with Crippen molar-refractivity contribution in [3.63, 3.8) is 0 Å². The first kappa shape index (κ1) is 21.4. The average Bonchev–Trinajstić information content (AvgIpc) is 2.73. The molecule has 3 aromatic rings. The van der Waals surface area contributed by atoms with Gasteiger partial charge in [0.1, 0.15) is 11.6 Å². The molecule has 2 nitrogen and oxygen atoms in total. The molecule has 0 N–H and O–H groups in total. The standard InChI is InChI=1S/C24H22ClFO2S/c1-16-6-8-17(9-7-16)23(27)14-24(18-10-12-19(28-2)13-11-18)29-15-20-21(25)4-3-5-22(20)26/h3-13,24H,14-15H2,1-2H3. The average molecular weight is 429 g/mol. The summed E-state index contributed by atoms with van der Waals surface area (Å²) in [5.41, 5.74) is 3.24. The van der Waals surface area contributed by atoms with Crippen LogP contribution in [0, 0.1) is 12.7 Å². The summed E-state index contributed by atoms with van der Waals surface area (Å²) in [5.74, 6) is 0.851. The van der Waals surface area contributed by atoms with Crippen LogP contribution >= 0.6 is 23.4 Å². The number of rotatable bonds is 8. The lowest BCUT2D eigenvalue weighted by Gasteiger charge is -2.18. The van der Waals surface area contributed by atoms with Gasteiger partial charge in [0.15, 0.2) is 5.78 Å². The van der Waals surface area contributed by atoms with E-state index in [-0.39, 0.29) is 16.9 Å². The van der Waals surface area contributed by atoms with Crippen molar-refractivity contribution >= 4 is 29.1 Å². The third kappa shape index (κ3) is 5.62. The Morgan fingerprint density at radius 3 is 2.38 bits per heavy atom. The Bertz CT molecular complexity index is 951. The number of ketones is 1. The van der Waals surface area contributed by atoms with Crippen molar-refractivity contribution < 1.29 is 13.9 Å². The fourth-order valence-corrected chi connectivity index (χ4v) is 4.56. The SMILES string of the molecule is COc1ccc(C(CC(=O)c2ccc(C)cc2)SCc2c(F)cccc2Cl)cc1. The van der Waals surface area contributed by atoms with Crippen molar-refractivity contribution in [2.45, 2.75) is 24.3 Å². The highest BCUT2D eigenvalue weighted by molar-refractivity contribution is 7.98. The van der Waals surface area contributed by atoms with Gasteiger partial charge in [0.2, 0.25) is 0 Å². The minimum absolute atomic E-state index is 0.0537. The maximum atomic E-state index is 14.2. The van der Waals surface area contributed by atoms with Crippen molar-refractivity contribution in [2.75, 3.05) is 7.11 Å². The highest BCUT2D eigenvalue weighted by atomic mass is 35.5. The van der Waals surface area contributed by atoms with Crippen molar-refractivity contribution in [2.24, 2.45) is 0 Å². The number of benzene rings is 3. The third-order valence-corrected chi connectivity index (χ3v) is 6.37. The van der Waals surface area contributed by atoms with Crippen molar-refractivity contribution in [3.8, 4) is 5.75 Å². The number of thioether (sulfide) groups is 1. The molecule has 1 unspecified atom stereocenters. The Morgan fingerprint density at radius 2 is 1.76 bits per heavy atom. The van der Waals surface area contributed by atoms with E-state index < -0.39 is 0 Å². The Morgan fingerprint density at radius 1 is 1.07 bits per heavy atom. The molecule has 0 aliphatic carbocycles. The molecule has 0 aliphatic rings. The second-order valence-corrected chi connectivity index (χ2v) is 8.36. The number of halogens is 2. The normalized spacial score (nSPS) is 11.9. The molecule has 5 heteroatoms. The summed E-state index contributed by atoms with van der Waals surface area (Å²) >= 11 is 7.69. The zero-order chi connectivity index (χ0) is 20.8. The summed E-state index contributed by atoms with van der Waals surface area (Å²) in [4.78, 5) is 12.9. The summed E-state index contributed by atoms with van der Waals surface area (Å²) in [6.45, 7) is 1.99. The summed E-state index contributed by atoms with van der Waals surface area (Å²) in [7, 11) is 1.61. The highest BCUT2D eigenvalue weighted by Gasteiger charge is 2.20. The van der Waals surface area contributed by atoms with Gasteiger partial charge in [-0.25, -0.2) is 4.39 Å². The van der Waals surface area contributed by atoms with E-state index in [9.17, 15) is 9.18 Å². The van der Waals surface area contributed by atoms with Gasteiger partial charge >= 0.3 is 0 Å². The minimum atomic E-state index is -0.330. The van der Waals surface area contributed by atoms with Crippen LogP contribution in [0.5, 0.6) is 5.75 Å². The number of aryl methyl sites for hydroxylation is 1. The van der Waals surface area contributed by atoms with Crippen LogP contribution in [0.15, 0.2) is 66.7 Å². The summed E-state index contributed by atoms with van der Waals surface area (Å²) in [5, 5.41) is 0.265. The Hall–Kier alpha value is -2.30. The number of hydrogen-bond acceptors (Lipinski definition) is 3. The van der Waals surface area contributed by atoms with Crippen LogP contribution in [0.3, 0.4) is 0 Å². The molecular weight excluding hydrogens is 407 g/mol. The van der Waals surface area contributed by atoms with E-state index in [0.29, 0.717) is 28.3 Å². The number of ether oxygens (including phenoxy) is 1. The molecule has 29 heavy (non-hydrogen) atoms. The molecule has 150 valence electrons. The van der Waals surface area contributed by atoms with Crippen LogP contribution in [-0.2, 0) is 5.75 Å². The smallest absolute Gasteiger partial charge is 0.164 e. The van der Waals surface area contributed by atoms with E-state index in [1.807, 2.05) is 55.5 Å². The van der Waals surface area contributed by atoms with E-state index in [0.717, 1.165) is 16.9 Å². The summed E-state index contributed by atoms with van der Waals surface area (Å²) in [6, 6.07) is 19.9. The molecular formula is C24H22ClFO2S. The van der Waals surface area contributed by atoms with Gasteiger partial charge in [0.05, 0.1) is 7.11 Å². The topological polar surface area (TPSA) is 26.3 Å². The Balaban J connectivity index is 1.82. The molecule has 0 aliphatic heterocycles. The van der Waals surface area contributed by atoms with Crippen LogP contribution in [0.2, 0.25) is 5.02 Å². The quantitative estimate of drug-likeness (QED) is 0.360. The van der Waals surface area contributed by atoms with Gasteiger partial charge in [0.25, 0.3) is 0 Å². The zero-order valence-corrected chi connectivity index (χ0v) is 17.9. The summed E-state index contributed by atoms with van der Waals surface area (Å²) < 4.78 is 19.4. The number of Topliss-reactive ketones (excluding diaryl/α,β-unsaturated/α-hetero) is 1. The predicted molar refractivity (Wildman–Crippen MR) is 119 cm³/mol. The molecule has 3 rings (SSSR count). The first-order valence-electron chi connectivity index (χ1n) is 9.26. The van der Waals surface area contributed by atoms with E-state index in [1.165, 1.54) is 17.8 Å². The first-order chi connectivity index (χ1) is 14.0. The van der Waals surface area contributed by atoms with E-state index in [1.54, 1.807) is 19.2 Å². The lowest BCUT2D eigenvalue weighted by Crippen LogP contribution is -2.06. The van der Waals surface area contributed by atoms with Gasteiger partial charge in [-0.1, -0.05) is 59.6 Å². The largest absolute Gasteiger partial charge is 0.497 e. The van der Waals surface area contributed by atoms with Gasteiger partial charge in [-0.15, -0.1) is 11.8 Å². The first-order valence-corrected chi connectivity index (χ1v) is 10.7. The maximum Gasteiger partial charge on any atom is 0.164 e. The van der Waals surface area contributed by atoms with Gasteiger partial charge in [-0.2, -0.15) is 0 Å². The molecule has 0 fully saturated rings. The molecule has 3 aromatic carbocycles. The van der Waals surface area contributed by atoms with Gasteiger partial charge in [-0.3, -0.25) is 4.79 Å². The van der Waals surface area contributed by atoms with E-state index in [2.05, 4.69) is 0 Å². The van der Waals surface area contributed by atoms with Crippen molar-refractivity contribution in [1.82, 2.24) is 0 Å². The lowest BCUT2D eigenvalue weighted by molar-refractivity contribution is 0.0982. The molecule has 0 bridgehead atoms. The number of hydrogen-bond donors (Lipinski definition) is 0. The number of carbonyl (C=O) groups is 1. The molecule has 0 amide bonds. The Labute approximate surface area is 180 Å². The molecule has 1 atom stereocenters. The second-order valence-electron chi connectivity index (χ2n) is 6.77. The molecule has 0 spiro atoms.